The lowest BCUT2D eigenvalue weighted by molar-refractivity contribution is -0.159. The number of nitriles is 1. The molecule has 138 valence electrons. The summed E-state index contributed by atoms with van der Waals surface area (Å²) in [6.07, 6.45) is -1.79. The van der Waals surface area contributed by atoms with E-state index >= 15 is 0 Å². The van der Waals surface area contributed by atoms with Crippen molar-refractivity contribution in [3.05, 3.63) is 53.7 Å². The van der Waals surface area contributed by atoms with Crippen molar-refractivity contribution in [3.8, 4) is 17.5 Å². The van der Waals surface area contributed by atoms with Gasteiger partial charge in [0.15, 0.2) is 0 Å². The van der Waals surface area contributed by atoms with Crippen LogP contribution in [0.4, 0.5) is 13.2 Å². The average molecular weight is 376 g/mol. The molecule has 27 heavy (non-hydrogen) atoms. The number of hydrogen-bond donors (Lipinski definition) is 1. The van der Waals surface area contributed by atoms with Gasteiger partial charge in [-0.15, -0.1) is 0 Å². The Hall–Kier alpha value is -3.68. The molecular weight excluding hydrogens is 365 g/mol. The standard InChI is InChI=1S/C16H11F3N6O2/c17-16(18,19)15-23-13(24-27-15)11-3-1-10(2-4-11)8-25-9-12(7-22-25)14(26)21-6-5-20/h1-4,7,9H,6,8H2,(H,21,26). The molecule has 0 radical (unpaired) electrons. The molecule has 2 heterocycles. The van der Waals surface area contributed by atoms with Crippen LogP contribution in [0.3, 0.4) is 0 Å². The van der Waals surface area contributed by atoms with E-state index in [9.17, 15) is 18.0 Å². The van der Waals surface area contributed by atoms with Gasteiger partial charge in [-0.25, -0.2) is 0 Å². The Morgan fingerprint density at radius 2 is 2.04 bits per heavy atom. The minimum atomic E-state index is -4.69. The lowest BCUT2D eigenvalue weighted by atomic mass is 10.1. The maximum atomic E-state index is 12.5. The average Bonchev–Trinajstić information content (AvgIpc) is 3.30. The molecule has 1 aromatic carbocycles. The largest absolute Gasteiger partial charge is 0.471 e. The van der Waals surface area contributed by atoms with Gasteiger partial charge in [-0.2, -0.15) is 28.5 Å². The van der Waals surface area contributed by atoms with Crippen LogP contribution in [0.1, 0.15) is 21.8 Å². The highest BCUT2D eigenvalue weighted by molar-refractivity contribution is 5.93. The molecule has 0 aliphatic heterocycles. The van der Waals surface area contributed by atoms with E-state index in [1.54, 1.807) is 30.3 Å². The molecule has 0 fully saturated rings. The number of benzene rings is 1. The molecule has 8 nitrogen and oxygen atoms in total. The van der Waals surface area contributed by atoms with Gasteiger partial charge in [-0.1, -0.05) is 29.4 Å². The van der Waals surface area contributed by atoms with Crippen LogP contribution in [0.2, 0.25) is 0 Å². The van der Waals surface area contributed by atoms with Crippen LogP contribution in [-0.2, 0) is 12.7 Å². The van der Waals surface area contributed by atoms with Crippen molar-refractivity contribution >= 4 is 5.91 Å². The van der Waals surface area contributed by atoms with Crippen LogP contribution < -0.4 is 5.32 Å². The highest BCUT2D eigenvalue weighted by atomic mass is 19.4. The Kier molecular flexibility index (Phi) is 4.89. The summed E-state index contributed by atoms with van der Waals surface area (Å²) in [4.78, 5) is 15.0. The maximum Gasteiger partial charge on any atom is 0.471 e. The number of alkyl halides is 3. The number of carbonyl (C=O) groups is 1. The molecule has 0 unspecified atom stereocenters. The van der Waals surface area contributed by atoms with Crippen LogP contribution in [0, 0.1) is 11.3 Å². The number of hydrogen-bond acceptors (Lipinski definition) is 6. The van der Waals surface area contributed by atoms with Gasteiger partial charge in [-0.3, -0.25) is 9.48 Å². The van der Waals surface area contributed by atoms with E-state index in [0.29, 0.717) is 17.7 Å². The molecule has 3 rings (SSSR count). The number of nitrogens with zero attached hydrogens (tertiary/aromatic N) is 5. The van der Waals surface area contributed by atoms with E-state index in [4.69, 9.17) is 5.26 Å². The van der Waals surface area contributed by atoms with Crippen molar-refractivity contribution in [2.45, 2.75) is 12.7 Å². The monoisotopic (exact) mass is 376 g/mol. The first kappa shape index (κ1) is 18.1. The second kappa shape index (κ2) is 7.28. The first-order valence-corrected chi connectivity index (χ1v) is 7.54. The molecule has 1 N–H and O–H groups in total. The van der Waals surface area contributed by atoms with Crippen LogP contribution in [0.5, 0.6) is 0 Å². The van der Waals surface area contributed by atoms with E-state index in [1.807, 2.05) is 0 Å². The highest BCUT2D eigenvalue weighted by Crippen LogP contribution is 2.29. The first-order valence-electron chi connectivity index (χ1n) is 7.54. The van der Waals surface area contributed by atoms with Gasteiger partial charge in [0, 0.05) is 11.8 Å². The van der Waals surface area contributed by atoms with Crippen molar-refractivity contribution in [2.24, 2.45) is 0 Å². The van der Waals surface area contributed by atoms with E-state index in [1.165, 1.54) is 17.1 Å². The Balaban J connectivity index is 1.68. The molecule has 0 saturated carbocycles. The van der Waals surface area contributed by atoms with Gasteiger partial charge < -0.3 is 9.84 Å². The quantitative estimate of drug-likeness (QED) is 0.684. The molecule has 0 atom stereocenters. The van der Waals surface area contributed by atoms with Crippen LogP contribution in [0.25, 0.3) is 11.4 Å². The second-order valence-corrected chi connectivity index (χ2v) is 5.39. The van der Waals surface area contributed by atoms with Crippen molar-refractivity contribution in [1.29, 1.82) is 5.26 Å². The highest BCUT2D eigenvalue weighted by Gasteiger charge is 2.38. The van der Waals surface area contributed by atoms with Crippen molar-refractivity contribution < 1.29 is 22.5 Å². The number of amides is 1. The summed E-state index contributed by atoms with van der Waals surface area (Å²) in [6, 6.07) is 8.28. The fraction of sp³-hybridized carbons (Fsp3) is 0.188. The van der Waals surface area contributed by atoms with Crippen molar-refractivity contribution in [1.82, 2.24) is 25.2 Å². The van der Waals surface area contributed by atoms with E-state index in [-0.39, 0.29) is 12.4 Å². The fourth-order valence-electron chi connectivity index (χ4n) is 2.19. The molecule has 2 aromatic heterocycles. The summed E-state index contributed by atoms with van der Waals surface area (Å²) in [5.74, 6) is -1.97. The molecule has 1 amide bonds. The third-order valence-corrected chi connectivity index (χ3v) is 3.45. The predicted octanol–water partition coefficient (Wildman–Crippen LogP) is 2.25. The summed E-state index contributed by atoms with van der Waals surface area (Å²) >= 11 is 0. The van der Waals surface area contributed by atoms with Crippen LogP contribution in [0.15, 0.2) is 41.2 Å². The minimum absolute atomic E-state index is 0.0996. The van der Waals surface area contributed by atoms with Crippen molar-refractivity contribution in [3.63, 3.8) is 0 Å². The third kappa shape index (κ3) is 4.30. The topological polar surface area (TPSA) is 110 Å². The van der Waals surface area contributed by atoms with E-state index in [0.717, 1.165) is 5.56 Å². The number of nitrogens with one attached hydrogen (secondary N) is 1. The lowest BCUT2D eigenvalue weighted by Crippen LogP contribution is -2.22. The molecule has 0 aliphatic carbocycles. The van der Waals surface area contributed by atoms with E-state index in [2.05, 4.69) is 25.1 Å². The Morgan fingerprint density at radius 1 is 1.30 bits per heavy atom. The molecule has 0 saturated heterocycles. The Morgan fingerprint density at radius 3 is 2.67 bits per heavy atom. The number of carbonyl (C=O) groups excluding carboxylic acids is 1. The molecule has 0 bridgehead atoms. The van der Waals surface area contributed by atoms with Gasteiger partial charge in [0.25, 0.3) is 5.91 Å². The predicted molar refractivity (Wildman–Crippen MR) is 84.0 cm³/mol. The Labute approximate surface area is 150 Å². The van der Waals surface area contributed by atoms with Crippen LogP contribution >= 0.6 is 0 Å². The SMILES string of the molecule is N#CCNC(=O)c1cnn(Cc2ccc(-c3noc(C(F)(F)F)n3)cc2)c1. The van der Waals surface area contributed by atoms with Gasteiger partial charge >= 0.3 is 12.1 Å². The van der Waals surface area contributed by atoms with E-state index < -0.39 is 18.0 Å². The summed E-state index contributed by atoms with van der Waals surface area (Å²) in [5.41, 5.74) is 1.48. The molecular formula is C16H11F3N6O2. The summed E-state index contributed by atoms with van der Waals surface area (Å²) < 4.78 is 43.2. The minimum Gasteiger partial charge on any atom is -0.339 e. The summed E-state index contributed by atoms with van der Waals surface area (Å²) in [7, 11) is 0. The smallest absolute Gasteiger partial charge is 0.339 e. The molecule has 0 spiro atoms. The zero-order valence-electron chi connectivity index (χ0n) is 13.6. The first-order chi connectivity index (χ1) is 12.9. The van der Waals surface area contributed by atoms with Gasteiger partial charge in [-0.05, 0) is 5.56 Å². The summed E-state index contributed by atoms with van der Waals surface area (Å²) in [6.45, 7) is 0.240. The van der Waals surface area contributed by atoms with Crippen LogP contribution in [-0.4, -0.2) is 32.4 Å². The fourth-order valence-corrected chi connectivity index (χ4v) is 2.19. The van der Waals surface area contributed by atoms with Gasteiger partial charge in [0.05, 0.1) is 24.4 Å². The molecule has 11 heteroatoms. The lowest BCUT2D eigenvalue weighted by Gasteiger charge is -2.03. The number of rotatable bonds is 5. The maximum absolute atomic E-state index is 12.5. The summed E-state index contributed by atoms with van der Waals surface area (Å²) in [5, 5.41) is 18.2. The Bertz CT molecular complexity index is 985. The van der Waals surface area contributed by atoms with Gasteiger partial charge in [0.1, 0.15) is 6.54 Å². The van der Waals surface area contributed by atoms with Gasteiger partial charge in [0.2, 0.25) is 5.82 Å². The zero-order valence-corrected chi connectivity index (χ0v) is 13.6. The second-order valence-electron chi connectivity index (χ2n) is 5.39. The number of halogens is 3. The normalized spacial score (nSPS) is 11.2. The molecule has 0 aliphatic rings. The third-order valence-electron chi connectivity index (χ3n) is 3.45. The van der Waals surface area contributed by atoms with Crippen molar-refractivity contribution in [2.75, 3.05) is 6.54 Å². The number of aromatic nitrogens is 4. The zero-order chi connectivity index (χ0) is 19.4. The molecule has 3 aromatic rings.